The number of aromatic amines is 2. The van der Waals surface area contributed by atoms with Gasteiger partial charge in [-0.25, -0.2) is 4.98 Å². The van der Waals surface area contributed by atoms with E-state index < -0.39 is 0 Å². The quantitative estimate of drug-likeness (QED) is 0.362. The van der Waals surface area contributed by atoms with Crippen molar-refractivity contribution in [3.63, 3.8) is 0 Å². The summed E-state index contributed by atoms with van der Waals surface area (Å²) in [6, 6.07) is 12.1. The monoisotopic (exact) mass is 418 g/mol. The highest BCUT2D eigenvalue weighted by atomic mass is 15.2. The van der Waals surface area contributed by atoms with Gasteiger partial charge in [0.15, 0.2) is 5.65 Å². The first-order valence-electron chi connectivity index (χ1n) is 10.4. The Labute approximate surface area is 185 Å². The van der Waals surface area contributed by atoms with E-state index in [1.807, 2.05) is 42.7 Å². The van der Waals surface area contributed by atoms with Crippen molar-refractivity contribution in [2.75, 3.05) is 0 Å². The summed E-state index contributed by atoms with van der Waals surface area (Å²) >= 11 is 0. The van der Waals surface area contributed by atoms with Gasteiger partial charge in [-0.05, 0) is 49.7 Å². The average molecular weight is 419 g/mol. The molecule has 0 spiro atoms. The maximum absolute atomic E-state index is 4.57. The van der Waals surface area contributed by atoms with Crippen LogP contribution in [0, 0.1) is 13.8 Å². The molecule has 5 aromatic rings. The molecule has 0 aromatic carbocycles. The Morgan fingerprint density at radius 3 is 2.72 bits per heavy atom. The molecule has 0 fully saturated rings. The van der Waals surface area contributed by atoms with Gasteiger partial charge in [0.2, 0.25) is 0 Å². The highest BCUT2D eigenvalue weighted by molar-refractivity contribution is 5.94. The summed E-state index contributed by atoms with van der Waals surface area (Å²) in [6.45, 7) is 8.01. The lowest BCUT2D eigenvalue weighted by Gasteiger charge is -2.05. The molecule has 0 aliphatic heterocycles. The third kappa shape index (κ3) is 3.41. The molecule has 0 radical (unpaired) electrons. The molecule has 5 heterocycles. The predicted octanol–water partition coefficient (Wildman–Crippen LogP) is 5.64. The zero-order chi connectivity index (χ0) is 22.1. The molecular formula is C26H22N6. The molecule has 156 valence electrons. The summed E-state index contributed by atoms with van der Waals surface area (Å²) in [5, 5.41) is 8.53. The number of hydrogen-bond donors (Lipinski definition) is 2. The Morgan fingerprint density at radius 1 is 1.03 bits per heavy atom. The fourth-order valence-corrected chi connectivity index (χ4v) is 3.94. The molecule has 2 N–H and O–H groups in total. The molecule has 5 aromatic heterocycles. The summed E-state index contributed by atoms with van der Waals surface area (Å²) < 4.78 is 0. The van der Waals surface area contributed by atoms with Crippen molar-refractivity contribution in [2.24, 2.45) is 0 Å². The van der Waals surface area contributed by atoms with Gasteiger partial charge >= 0.3 is 0 Å². The van der Waals surface area contributed by atoms with Crippen molar-refractivity contribution in [2.45, 2.75) is 13.8 Å². The lowest BCUT2D eigenvalue weighted by atomic mass is 10.0. The number of nitrogens with zero attached hydrogens (tertiary/aromatic N) is 4. The fourth-order valence-electron chi connectivity index (χ4n) is 3.94. The molecule has 0 saturated heterocycles. The number of H-pyrrole nitrogens is 2. The van der Waals surface area contributed by atoms with Crippen LogP contribution in [0.4, 0.5) is 0 Å². The summed E-state index contributed by atoms with van der Waals surface area (Å²) in [6.07, 6.45) is 11.1. The highest BCUT2D eigenvalue weighted by Crippen LogP contribution is 2.33. The number of allylic oxidation sites excluding steroid dienone is 2. The van der Waals surface area contributed by atoms with Crippen molar-refractivity contribution >= 4 is 16.6 Å². The first-order valence-corrected chi connectivity index (χ1v) is 10.4. The first-order chi connectivity index (χ1) is 15.7. The largest absolute Gasteiger partial charge is 0.357 e. The van der Waals surface area contributed by atoms with Gasteiger partial charge in [-0.1, -0.05) is 24.8 Å². The average Bonchev–Trinajstić information content (AvgIpc) is 3.41. The third-order valence-corrected chi connectivity index (χ3v) is 5.56. The number of fused-ring (bicyclic) bond motifs is 1. The Morgan fingerprint density at radius 2 is 1.94 bits per heavy atom. The van der Waals surface area contributed by atoms with E-state index in [4.69, 9.17) is 0 Å². The zero-order valence-corrected chi connectivity index (χ0v) is 17.9. The zero-order valence-electron chi connectivity index (χ0n) is 17.9. The summed E-state index contributed by atoms with van der Waals surface area (Å²) in [5.41, 5.74) is 9.73. The molecular weight excluding hydrogens is 396 g/mol. The van der Waals surface area contributed by atoms with Crippen molar-refractivity contribution in [1.82, 2.24) is 30.1 Å². The van der Waals surface area contributed by atoms with Gasteiger partial charge in [-0.3, -0.25) is 15.1 Å². The van der Waals surface area contributed by atoms with Gasteiger partial charge in [0.05, 0.1) is 17.1 Å². The van der Waals surface area contributed by atoms with E-state index >= 15 is 0 Å². The van der Waals surface area contributed by atoms with E-state index in [2.05, 4.69) is 62.7 Å². The maximum atomic E-state index is 4.57. The van der Waals surface area contributed by atoms with Crippen LogP contribution in [0.5, 0.6) is 0 Å². The van der Waals surface area contributed by atoms with Crippen LogP contribution >= 0.6 is 0 Å². The van der Waals surface area contributed by atoms with Crippen molar-refractivity contribution < 1.29 is 0 Å². The minimum Gasteiger partial charge on any atom is -0.357 e. The number of hydrogen-bond acceptors (Lipinski definition) is 4. The predicted molar refractivity (Wildman–Crippen MR) is 128 cm³/mol. The Balaban J connectivity index is 1.63. The van der Waals surface area contributed by atoms with Crippen LogP contribution in [-0.4, -0.2) is 30.1 Å². The Hall–Kier alpha value is -4.32. The maximum Gasteiger partial charge on any atom is 0.181 e. The molecule has 32 heavy (non-hydrogen) atoms. The molecule has 6 nitrogen and oxygen atoms in total. The second kappa shape index (κ2) is 8.07. The minimum absolute atomic E-state index is 0.672. The lowest BCUT2D eigenvalue weighted by Crippen LogP contribution is -1.91. The van der Waals surface area contributed by atoms with Gasteiger partial charge in [-0.2, -0.15) is 5.10 Å². The van der Waals surface area contributed by atoms with Crippen LogP contribution in [0.2, 0.25) is 0 Å². The number of rotatable bonds is 5. The van der Waals surface area contributed by atoms with E-state index in [0.717, 1.165) is 56.0 Å². The van der Waals surface area contributed by atoms with Crippen LogP contribution in [0.3, 0.4) is 0 Å². The fraction of sp³-hybridized carbons (Fsp3) is 0.0769. The van der Waals surface area contributed by atoms with Crippen LogP contribution in [0.25, 0.3) is 39.1 Å². The first kappa shape index (κ1) is 19.6. The Kier molecular flexibility index (Phi) is 4.95. The van der Waals surface area contributed by atoms with Gasteiger partial charge in [0, 0.05) is 58.1 Å². The SMILES string of the molecule is C=C/C=C(/c1ccccn1)c1cc(-c2[nH]nc3ncc(-c4cnccc4C)cc23)[nH]c1C. The summed E-state index contributed by atoms with van der Waals surface area (Å²) in [7, 11) is 0. The number of aromatic nitrogens is 6. The van der Waals surface area contributed by atoms with Crippen molar-refractivity contribution in [3.05, 3.63) is 102 Å². The van der Waals surface area contributed by atoms with Crippen LogP contribution in [-0.2, 0) is 0 Å². The number of nitrogens with one attached hydrogen (secondary N) is 2. The molecule has 0 atom stereocenters. The molecule has 6 heteroatoms. The minimum atomic E-state index is 0.672. The van der Waals surface area contributed by atoms with Crippen LogP contribution < -0.4 is 0 Å². The molecule has 0 amide bonds. The van der Waals surface area contributed by atoms with Crippen LogP contribution in [0.15, 0.2) is 79.9 Å². The van der Waals surface area contributed by atoms with Crippen molar-refractivity contribution in [3.8, 4) is 22.5 Å². The molecule has 5 rings (SSSR count). The number of aryl methyl sites for hydroxylation is 2. The molecule has 0 aliphatic rings. The second-order valence-electron chi connectivity index (χ2n) is 7.64. The number of pyridine rings is 3. The van der Waals surface area contributed by atoms with E-state index in [1.165, 1.54) is 0 Å². The smallest absolute Gasteiger partial charge is 0.181 e. The van der Waals surface area contributed by atoms with E-state index in [1.54, 1.807) is 18.5 Å². The molecule has 0 unspecified atom stereocenters. The topological polar surface area (TPSA) is 83.1 Å². The lowest BCUT2D eigenvalue weighted by molar-refractivity contribution is 1.09. The molecule has 0 bridgehead atoms. The van der Waals surface area contributed by atoms with Crippen molar-refractivity contribution in [1.29, 1.82) is 0 Å². The van der Waals surface area contributed by atoms with Gasteiger partial charge in [0.1, 0.15) is 0 Å². The molecule has 0 aliphatic carbocycles. The van der Waals surface area contributed by atoms with Crippen LogP contribution in [0.1, 0.15) is 22.5 Å². The third-order valence-electron chi connectivity index (χ3n) is 5.56. The summed E-state index contributed by atoms with van der Waals surface area (Å²) in [4.78, 5) is 16.9. The van der Waals surface area contributed by atoms with Gasteiger partial charge < -0.3 is 4.98 Å². The summed E-state index contributed by atoms with van der Waals surface area (Å²) in [5.74, 6) is 0. The molecule has 0 saturated carbocycles. The normalized spacial score (nSPS) is 11.8. The van der Waals surface area contributed by atoms with Gasteiger partial charge in [0.25, 0.3) is 0 Å². The van der Waals surface area contributed by atoms with E-state index in [9.17, 15) is 0 Å². The Bertz CT molecular complexity index is 1460. The van der Waals surface area contributed by atoms with Gasteiger partial charge in [-0.15, -0.1) is 0 Å². The second-order valence-corrected chi connectivity index (χ2v) is 7.64. The van der Waals surface area contributed by atoms with E-state index in [-0.39, 0.29) is 0 Å². The standard InChI is InChI=1S/C26H22N6/c1-4-7-19(23-8-5-6-10-28-23)20-13-24(30-17(20)3)25-21-12-18(14-29-26(21)32-31-25)22-15-27-11-9-16(22)2/h4-15,30H,1H2,2-3H3,(H,29,31,32)/b19-7+. The highest BCUT2D eigenvalue weighted by Gasteiger charge is 2.17. The van der Waals surface area contributed by atoms with E-state index in [0.29, 0.717) is 5.65 Å².